The number of para-hydroxylation sites is 1. The number of anilines is 1. The first kappa shape index (κ1) is 15.8. The molecule has 0 heterocycles. The van der Waals surface area contributed by atoms with Crippen LogP contribution in [0.15, 0.2) is 30.3 Å². The molecule has 0 unspecified atom stereocenters. The van der Waals surface area contributed by atoms with Crippen LogP contribution in [0.5, 0.6) is 0 Å². The van der Waals surface area contributed by atoms with Gasteiger partial charge < -0.3 is 10.2 Å². The van der Waals surface area contributed by atoms with Crippen molar-refractivity contribution in [2.24, 2.45) is 0 Å². The highest BCUT2D eigenvalue weighted by molar-refractivity contribution is 5.45. The van der Waals surface area contributed by atoms with Crippen molar-refractivity contribution in [3.8, 4) is 0 Å². The van der Waals surface area contributed by atoms with Crippen molar-refractivity contribution in [2.75, 3.05) is 31.1 Å². The van der Waals surface area contributed by atoms with E-state index in [1.54, 1.807) is 0 Å². The monoisotopic (exact) mass is 274 g/mol. The molecular weight excluding hydrogens is 253 g/mol. The maximum atomic E-state index is 12.0. The van der Waals surface area contributed by atoms with Crippen LogP contribution < -0.4 is 10.2 Å². The number of halogens is 3. The molecule has 0 aliphatic carbocycles. The zero-order valence-corrected chi connectivity index (χ0v) is 11.2. The normalized spacial score (nSPS) is 11.6. The fourth-order valence-electron chi connectivity index (χ4n) is 1.80. The molecule has 0 aliphatic heterocycles. The molecule has 0 amide bonds. The van der Waals surface area contributed by atoms with Crippen LogP contribution in [-0.2, 0) is 0 Å². The Labute approximate surface area is 112 Å². The predicted octanol–water partition coefficient (Wildman–Crippen LogP) is 3.45. The second kappa shape index (κ2) is 8.04. The lowest BCUT2D eigenvalue weighted by Crippen LogP contribution is -2.36. The summed E-state index contributed by atoms with van der Waals surface area (Å²) in [6.07, 6.45) is -2.03. The first-order valence-electron chi connectivity index (χ1n) is 6.60. The van der Waals surface area contributed by atoms with Gasteiger partial charge in [-0.25, -0.2) is 0 Å². The molecule has 0 aromatic heterocycles. The quantitative estimate of drug-likeness (QED) is 0.730. The second-order valence-electron chi connectivity index (χ2n) is 4.47. The fraction of sp³-hybridized carbons (Fsp3) is 0.571. The van der Waals surface area contributed by atoms with Crippen molar-refractivity contribution in [3.05, 3.63) is 30.3 Å². The van der Waals surface area contributed by atoms with Crippen LogP contribution in [0, 0.1) is 0 Å². The Morgan fingerprint density at radius 1 is 1.11 bits per heavy atom. The van der Waals surface area contributed by atoms with E-state index >= 15 is 0 Å². The van der Waals surface area contributed by atoms with E-state index in [-0.39, 0.29) is 0 Å². The molecule has 0 atom stereocenters. The largest absolute Gasteiger partial charge is 0.401 e. The molecule has 0 aliphatic rings. The van der Waals surface area contributed by atoms with E-state index in [0.29, 0.717) is 13.1 Å². The molecule has 1 aromatic carbocycles. The molecule has 1 aromatic rings. The zero-order valence-electron chi connectivity index (χ0n) is 11.2. The topological polar surface area (TPSA) is 15.3 Å². The highest BCUT2D eigenvalue weighted by atomic mass is 19.4. The molecule has 1 rings (SSSR count). The standard InChI is InChI=1S/C14H21F3N2/c1-2-3-10-19(13-7-5-4-6-8-13)11-9-18-12-14(15,16)17/h4-8,18H,2-3,9-12H2,1H3. The molecule has 2 nitrogen and oxygen atoms in total. The van der Waals surface area contributed by atoms with Crippen LogP contribution in [0.3, 0.4) is 0 Å². The van der Waals surface area contributed by atoms with Crippen molar-refractivity contribution in [2.45, 2.75) is 25.9 Å². The van der Waals surface area contributed by atoms with Gasteiger partial charge in [-0.15, -0.1) is 0 Å². The number of nitrogens with zero attached hydrogens (tertiary/aromatic N) is 1. The van der Waals surface area contributed by atoms with Crippen LogP contribution in [0.25, 0.3) is 0 Å². The number of unbranched alkanes of at least 4 members (excludes halogenated alkanes) is 1. The van der Waals surface area contributed by atoms with Gasteiger partial charge in [0.15, 0.2) is 0 Å². The summed E-state index contributed by atoms with van der Waals surface area (Å²) in [4.78, 5) is 2.12. The highest BCUT2D eigenvalue weighted by Gasteiger charge is 2.26. The number of nitrogens with one attached hydrogen (secondary N) is 1. The molecule has 5 heteroatoms. The Balaban J connectivity index is 2.42. The summed E-state index contributed by atoms with van der Waals surface area (Å²) in [5.41, 5.74) is 1.06. The van der Waals surface area contributed by atoms with E-state index in [4.69, 9.17) is 0 Å². The lowest BCUT2D eigenvalue weighted by atomic mass is 10.2. The zero-order chi connectivity index (χ0) is 14.1. The van der Waals surface area contributed by atoms with Gasteiger partial charge in [-0.05, 0) is 18.6 Å². The lowest BCUT2D eigenvalue weighted by molar-refractivity contribution is -0.124. The van der Waals surface area contributed by atoms with Gasteiger partial charge in [-0.2, -0.15) is 13.2 Å². The van der Waals surface area contributed by atoms with Crippen molar-refractivity contribution in [3.63, 3.8) is 0 Å². The minimum Gasteiger partial charge on any atom is -0.370 e. The maximum Gasteiger partial charge on any atom is 0.401 e. The Kier molecular flexibility index (Phi) is 6.70. The Morgan fingerprint density at radius 2 is 1.79 bits per heavy atom. The van der Waals surface area contributed by atoms with Crippen molar-refractivity contribution < 1.29 is 13.2 Å². The van der Waals surface area contributed by atoms with Crippen molar-refractivity contribution in [1.82, 2.24) is 5.32 Å². The van der Waals surface area contributed by atoms with Gasteiger partial charge in [0.25, 0.3) is 0 Å². The average Bonchev–Trinajstić information content (AvgIpc) is 2.38. The minimum absolute atomic E-state index is 0.331. The van der Waals surface area contributed by atoms with Crippen LogP contribution in [0.4, 0.5) is 18.9 Å². The summed E-state index contributed by atoms with van der Waals surface area (Å²) >= 11 is 0. The summed E-state index contributed by atoms with van der Waals surface area (Å²) in [5, 5.41) is 2.44. The van der Waals surface area contributed by atoms with Crippen molar-refractivity contribution in [1.29, 1.82) is 0 Å². The number of hydrogen-bond donors (Lipinski definition) is 1. The molecule has 0 spiro atoms. The summed E-state index contributed by atoms with van der Waals surface area (Å²) in [7, 11) is 0. The van der Waals surface area contributed by atoms with Gasteiger partial charge in [0.05, 0.1) is 6.54 Å². The van der Waals surface area contributed by atoms with Gasteiger partial charge in [-0.3, -0.25) is 0 Å². The van der Waals surface area contributed by atoms with Crippen LogP contribution >= 0.6 is 0 Å². The van der Waals surface area contributed by atoms with Crippen molar-refractivity contribution >= 4 is 5.69 Å². The summed E-state index contributed by atoms with van der Waals surface area (Å²) in [6, 6.07) is 9.79. The van der Waals surface area contributed by atoms with Crippen LogP contribution in [0.1, 0.15) is 19.8 Å². The van der Waals surface area contributed by atoms with E-state index < -0.39 is 12.7 Å². The maximum absolute atomic E-state index is 12.0. The number of hydrogen-bond acceptors (Lipinski definition) is 2. The number of benzene rings is 1. The average molecular weight is 274 g/mol. The summed E-state index contributed by atoms with van der Waals surface area (Å²) < 4.78 is 36.1. The van der Waals surface area contributed by atoms with E-state index in [1.807, 2.05) is 30.3 Å². The molecule has 1 N–H and O–H groups in total. The Morgan fingerprint density at radius 3 is 2.37 bits per heavy atom. The SMILES string of the molecule is CCCCN(CCNCC(F)(F)F)c1ccccc1. The lowest BCUT2D eigenvalue weighted by Gasteiger charge is -2.25. The summed E-state index contributed by atoms with van der Waals surface area (Å²) in [6.45, 7) is 2.96. The fourth-order valence-corrected chi connectivity index (χ4v) is 1.80. The number of rotatable bonds is 8. The van der Waals surface area contributed by atoms with E-state index in [9.17, 15) is 13.2 Å². The molecular formula is C14H21F3N2. The second-order valence-corrected chi connectivity index (χ2v) is 4.47. The molecule has 0 fully saturated rings. The first-order chi connectivity index (χ1) is 9.03. The van der Waals surface area contributed by atoms with E-state index in [1.165, 1.54) is 0 Å². The molecule has 0 bridgehead atoms. The first-order valence-corrected chi connectivity index (χ1v) is 6.60. The highest BCUT2D eigenvalue weighted by Crippen LogP contribution is 2.14. The molecule has 108 valence electrons. The molecule has 0 radical (unpaired) electrons. The van der Waals surface area contributed by atoms with Gasteiger partial charge in [0.1, 0.15) is 0 Å². The molecule has 0 saturated carbocycles. The minimum atomic E-state index is -4.14. The van der Waals surface area contributed by atoms with E-state index in [2.05, 4.69) is 17.1 Å². The van der Waals surface area contributed by atoms with Gasteiger partial charge >= 0.3 is 6.18 Å². The van der Waals surface area contributed by atoms with E-state index in [0.717, 1.165) is 25.1 Å². The smallest absolute Gasteiger partial charge is 0.370 e. The third kappa shape index (κ3) is 7.06. The summed E-state index contributed by atoms with van der Waals surface area (Å²) in [5.74, 6) is 0. The third-order valence-corrected chi connectivity index (χ3v) is 2.79. The molecule has 19 heavy (non-hydrogen) atoms. The van der Waals surface area contributed by atoms with Gasteiger partial charge in [0, 0.05) is 25.3 Å². The Bertz CT molecular complexity index is 338. The Hall–Kier alpha value is -1.23. The predicted molar refractivity (Wildman–Crippen MR) is 72.5 cm³/mol. The van der Waals surface area contributed by atoms with Crippen LogP contribution in [-0.4, -0.2) is 32.4 Å². The van der Waals surface area contributed by atoms with Crippen LogP contribution in [0.2, 0.25) is 0 Å². The number of alkyl halides is 3. The molecule has 0 saturated heterocycles. The van der Waals surface area contributed by atoms with Gasteiger partial charge in [0.2, 0.25) is 0 Å². The van der Waals surface area contributed by atoms with Gasteiger partial charge in [-0.1, -0.05) is 31.5 Å². The third-order valence-electron chi connectivity index (χ3n) is 2.79.